The second kappa shape index (κ2) is 15.9. The highest BCUT2D eigenvalue weighted by Gasteiger charge is 2.33. The fourth-order valence-corrected chi connectivity index (χ4v) is 4.79. The fourth-order valence-electron chi connectivity index (χ4n) is 4.79. The Kier molecular flexibility index (Phi) is 13.0. The number of methoxy groups -OCH3 is 2. The lowest BCUT2D eigenvalue weighted by molar-refractivity contribution is -0.132. The number of amides is 2. The van der Waals surface area contributed by atoms with Gasteiger partial charge in [-0.2, -0.15) is 0 Å². The molecule has 0 fully saturated rings. The average molecular weight is 590 g/mol. The lowest BCUT2D eigenvalue weighted by Crippen LogP contribution is -2.37. The Balaban J connectivity index is 2.62. The van der Waals surface area contributed by atoms with Crippen LogP contribution in [0.2, 0.25) is 0 Å². The predicted octanol–water partition coefficient (Wildman–Crippen LogP) is 2.53. The molecule has 11 nitrogen and oxygen atoms in total. The Hall–Kier alpha value is -3.90. The van der Waals surface area contributed by atoms with E-state index in [-0.39, 0.29) is 53.6 Å². The molecule has 5 atom stereocenters. The van der Waals surface area contributed by atoms with Crippen LogP contribution in [0.1, 0.15) is 40.5 Å². The van der Waals surface area contributed by atoms with E-state index in [0.29, 0.717) is 5.57 Å². The van der Waals surface area contributed by atoms with Gasteiger partial charge in [0.15, 0.2) is 11.9 Å². The van der Waals surface area contributed by atoms with Gasteiger partial charge in [0.25, 0.3) is 5.91 Å². The van der Waals surface area contributed by atoms with E-state index < -0.39 is 54.5 Å². The first-order chi connectivity index (χ1) is 19.8. The highest BCUT2D eigenvalue weighted by molar-refractivity contribution is 6.23. The number of nitrogens with one attached hydrogen (secondary N) is 2. The van der Waals surface area contributed by atoms with Gasteiger partial charge in [0.2, 0.25) is 11.6 Å². The van der Waals surface area contributed by atoms with E-state index in [2.05, 4.69) is 10.6 Å². The van der Waals surface area contributed by atoms with E-state index in [9.17, 15) is 28.4 Å². The van der Waals surface area contributed by atoms with Crippen LogP contribution in [0.5, 0.6) is 0 Å². The summed E-state index contributed by atoms with van der Waals surface area (Å²) in [6.45, 7) is 5.71. The van der Waals surface area contributed by atoms with E-state index in [1.54, 1.807) is 32.9 Å². The van der Waals surface area contributed by atoms with Crippen molar-refractivity contribution < 1.29 is 42.6 Å². The number of halogens is 1. The van der Waals surface area contributed by atoms with Gasteiger partial charge in [-0.1, -0.05) is 38.2 Å². The minimum atomic E-state index is -1.04. The quantitative estimate of drug-likeness (QED) is 0.312. The number of primary amides is 1. The van der Waals surface area contributed by atoms with Crippen LogP contribution < -0.4 is 16.4 Å². The third kappa shape index (κ3) is 9.05. The van der Waals surface area contributed by atoms with Crippen molar-refractivity contribution in [3.63, 3.8) is 0 Å². The maximum Gasteiger partial charge on any atom is 0.405 e. The van der Waals surface area contributed by atoms with Crippen LogP contribution >= 0.6 is 0 Å². The molecule has 12 heteroatoms. The first kappa shape index (κ1) is 34.3. The number of allylic oxidation sites excluding steroid dienone is 5. The number of nitrogens with two attached hydrogens (primary N) is 1. The van der Waals surface area contributed by atoms with E-state index in [4.69, 9.17) is 19.9 Å². The molecule has 0 saturated heterocycles. The van der Waals surface area contributed by atoms with E-state index in [1.165, 1.54) is 33.3 Å². The van der Waals surface area contributed by atoms with Crippen LogP contribution in [0.4, 0.5) is 9.18 Å². The number of hydrogen-bond acceptors (Lipinski definition) is 9. The Labute approximate surface area is 245 Å². The normalized spacial score (nSPS) is 30.0. The second-order valence-electron chi connectivity index (χ2n) is 10.3. The van der Waals surface area contributed by atoms with Crippen LogP contribution in [0, 0.1) is 11.8 Å². The molecule has 2 amide bonds. The molecule has 2 rings (SSSR count). The maximum absolute atomic E-state index is 13.5. The van der Waals surface area contributed by atoms with Gasteiger partial charge in [-0.05, 0) is 38.2 Å². The zero-order valence-corrected chi connectivity index (χ0v) is 24.8. The van der Waals surface area contributed by atoms with Crippen LogP contribution in [0.15, 0.2) is 58.5 Å². The molecular weight excluding hydrogens is 549 g/mol. The highest BCUT2D eigenvalue weighted by Crippen LogP contribution is 2.27. The summed E-state index contributed by atoms with van der Waals surface area (Å²) >= 11 is 0. The number of alkyl halides is 1. The number of carbonyl (C=O) groups excluding carboxylic acids is 5. The predicted molar refractivity (Wildman–Crippen MR) is 153 cm³/mol. The molecule has 0 unspecified atom stereocenters. The molecule has 0 radical (unpaired) electrons. The van der Waals surface area contributed by atoms with Gasteiger partial charge in [-0.3, -0.25) is 19.2 Å². The molecule has 1 aliphatic heterocycles. The number of ketones is 3. The Morgan fingerprint density at radius 3 is 2.43 bits per heavy atom. The van der Waals surface area contributed by atoms with Crippen molar-refractivity contribution in [2.75, 3.05) is 27.4 Å². The third-order valence-corrected chi connectivity index (χ3v) is 6.99. The van der Waals surface area contributed by atoms with Gasteiger partial charge in [0.1, 0.15) is 18.9 Å². The summed E-state index contributed by atoms with van der Waals surface area (Å²) in [5.41, 5.74) is 5.83. The molecule has 2 bridgehead atoms. The molecule has 4 N–H and O–H groups in total. The van der Waals surface area contributed by atoms with E-state index in [0.717, 1.165) is 6.08 Å². The molecule has 0 saturated carbocycles. The molecule has 2 aliphatic rings. The summed E-state index contributed by atoms with van der Waals surface area (Å²) in [6, 6.07) is 0. The first-order valence-corrected chi connectivity index (χ1v) is 13.6. The van der Waals surface area contributed by atoms with Crippen molar-refractivity contribution in [3.8, 4) is 0 Å². The summed E-state index contributed by atoms with van der Waals surface area (Å²) in [6.07, 6.45) is 3.69. The number of ether oxygens (including phenoxy) is 3. The number of hydrogen-bond donors (Lipinski definition) is 3. The molecular formula is C30H40FN3O8. The number of Topliss-reactive ketones (excluding diaryl/α,β-unsaturated/α-hetero) is 2. The summed E-state index contributed by atoms with van der Waals surface area (Å²) < 4.78 is 29.3. The largest absolute Gasteiger partial charge is 0.439 e. The minimum Gasteiger partial charge on any atom is -0.439 e. The SMILES string of the molecule is CO[C@H]1C[C@H](C)CC2=C(NCCF)C(=O)C=C(NC(=O)/C(C)=C/C=C\[C@H](OC)[C@@H](OC(N)=O)/C(C)=C/[C@H](C)C1=O)C2=O. The lowest BCUT2D eigenvalue weighted by Gasteiger charge is -2.26. The van der Waals surface area contributed by atoms with Crippen molar-refractivity contribution in [1.82, 2.24) is 10.6 Å². The van der Waals surface area contributed by atoms with Gasteiger partial charge in [0.05, 0.1) is 11.4 Å². The standard InChI is InChI=1S/C30H40FN3O8/c1-16-12-20-25(33-11-10-31)22(35)15-21(27(20)37)34-29(38)17(2)8-7-9-23(40-5)28(42-30(32)39)19(4)14-18(3)26(36)24(13-16)41-6/h7-9,14-16,18,23-24,28,33H,10-13H2,1-6H3,(H2,32,39)(H,34,38)/b9-7-,17-8+,19-14+/t16-,18+,23+,24+,28+/m1/s1. The van der Waals surface area contributed by atoms with Gasteiger partial charge >= 0.3 is 6.09 Å². The van der Waals surface area contributed by atoms with Crippen molar-refractivity contribution in [1.29, 1.82) is 0 Å². The molecule has 0 spiro atoms. The van der Waals surface area contributed by atoms with Gasteiger partial charge in [-0.25, -0.2) is 9.18 Å². The van der Waals surface area contributed by atoms with Crippen molar-refractivity contribution in [3.05, 3.63) is 58.5 Å². The van der Waals surface area contributed by atoms with Crippen LogP contribution in [0.3, 0.4) is 0 Å². The minimum absolute atomic E-state index is 0.0399. The number of carbonyl (C=O) groups is 5. The average Bonchev–Trinajstić information content (AvgIpc) is 2.94. The van der Waals surface area contributed by atoms with Crippen molar-refractivity contribution in [2.24, 2.45) is 17.6 Å². The van der Waals surface area contributed by atoms with Gasteiger partial charge < -0.3 is 30.6 Å². The van der Waals surface area contributed by atoms with Gasteiger partial charge in [-0.15, -0.1) is 0 Å². The number of fused-ring (bicyclic) bond motifs is 2. The second-order valence-corrected chi connectivity index (χ2v) is 10.3. The summed E-state index contributed by atoms with van der Waals surface area (Å²) in [4.78, 5) is 64.4. The molecule has 0 aromatic rings. The summed E-state index contributed by atoms with van der Waals surface area (Å²) in [7, 11) is 2.79. The Morgan fingerprint density at radius 1 is 1.14 bits per heavy atom. The smallest absolute Gasteiger partial charge is 0.405 e. The lowest BCUT2D eigenvalue weighted by atomic mass is 9.85. The third-order valence-electron chi connectivity index (χ3n) is 6.99. The van der Waals surface area contributed by atoms with E-state index >= 15 is 0 Å². The van der Waals surface area contributed by atoms with Crippen molar-refractivity contribution in [2.45, 2.75) is 58.8 Å². The molecule has 1 heterocycles. The Bertz CT molecular complexity index is 1230. The zero-order valence-electron chi connectivity index (χ0n) is 24.8. The fraction of sp³-hybridized carbons (Fsp3) is 0.500. The molecule has 42 heavy (non-hydrogen) atoms. The molecule has 0 aromatic heterocycles. The monoisotopic (exact) mass is 589 g/mol. The summed E-state index contributed by atoms with van der Waals surface area (Å²) in [5.74, 6) is -3.06. The summed E-state index contributed by atoms with van der Waals surface area (Å²) in [5, 5.41) is 5.18. The van der Waals surface area contributed by atoms with Crippen LogP contribution in [-0.2, 0) is 33.4 Å². The molecule has 1 aliphatic carbocycles. The number of rotatable bonds is 6. The van der Waals surface area contributed by atoms with E-state index in [1.807, 2.05) is 0 Å². The first-order valence-electron chi connectivity index (χ1n) is 13.6. The Morgan fingerprint density at radius 2 is 1.83 bits per heavy atom. The maximum atomic E-state index is 13.5. The zero-order chi connectivity index (χ0) is 31.6. The molecule has 230 valence electrons. The topological polar surface area (TPSA) is 163 Å². The van der Waals surface area contributed by atoms with Gasteiger partial charge in [0, 0.05) is 43.9 Å². The molecule has 0 aromatic carbocycles. The van der Waals surface area contributed by atoms with Crippen molar-refractivity contribution >= 4 is 29.4 Å². The van der Waals surface area contributed by atoms with Crippen LogP contribution in [-0.4, -0.2) is 75.1 Å². The highest BCUT2D eigenvalue weighted by atomic mass is 19.1. The van der Waals surface area contributed by atoms with Crippen LogP contribution in [0.25, 0.3) is 0 Å².